The molecular formula is C60H40I2. The van der Waals surface area contributed by atoms with Gasteiger partial charge in [-0.05, 0) is 170 Å². The molecule has 0 amide bonds. The molecule has 0 spiro atoms. The van der Waals surface area contributed by atoms with Gasteiger partial charge in [-0.3, -0.25) is 0 Å². The highest BCUT2D eigenvalue weighted by Crippen LogP contribution is 2.46. The minimum absolute atomic E-state index is 1.18. The molecule has 10 aromatic rings. The Morgan fingerprint density at radius 2 is 0.355 bits per heavy atom. The molecule has 0 N–H and O–H groups in total. The van der Waals surface area contributed by atoms with Gasteiger partial charge in [-0.25, -0.2) is 0 Å². The van der Waals surface area contributed by atoms with E-state index < -0.39 is 0 Å². The minimum atomic E-state index is 1.18. The first-order chi connectivity index (χ1) is 30.6. The molecule has 0 saturated heterocycles. The maximum Gasteiger partial charge on any atom is 0.0215 e. The first-order valence-corrected chi connectivity index (χ1v) is 23.0. The van der Waals surface area contributed by atoms with E-state index in [0.717, 1.165) is 0 Å². The van der Waals surface area contributed by atoms with E-state index in [9.17, 15) is 0 Å². The molecule has 0 aromatic heterocycles. The number of rotatable bonds is 9. The monoisotopic (exact) mass is 1010 g/mol. The SMILES string of the molecule is Ic1cc(-c2ccc(-c3ccccc3)cc2)c(-c2cc(-c3ccc(-c4ccccc4)cc3)c(I)cc2-c2ccc(-c3ccccc3)cc2)cc1-c1ccc(-c2ccccc2)cc1. The van der Waals surface area contributed by atoms with Gasteiger partial charge in [-0.15, -0.1) is 0 Å². The summed E-state index contributed by atoms with van der Waals surface area (Å²) in [7, 11) is 0. The number of hydrogen-bond acceptors (Lipinski definition) is 0. The summed E-state index contributed by atoms with van der Waals surface area (Å²) in [4.78, 5) is 0. The largest absolute Gasteiger partial charge is 0.0622 e. The van der Waals surface area contributed by atoms with E-state index in [1.54, 1.807) is 0 Å². The molecule has 294 valence electrons. The third-order valence-electron chi connectivity index (χ3n) is 11.7. The van der Waals surface area contributed by atoms with E-state index in [-0.39, 0.29) is 0 Å². The molecule has 2 heteroatoms. The predicted molar refractivity (Wildman–Crippen MR) is 281 cm³/mol. The van der Waals surface area contributed by atoms with Gasteiger partial charge in [-0.1, -0.05) is 218 Å². The summed E-state index contributed by atoms with van der Waals surface area (Å²) in [6, 6.07) is 88.4. The van der Waals surface area contributed by atoms with Crippen molar-refractivity contribution in [2.75, 3.05) is 0 Å². The Kier molecular flexibility index (Phi) is 11.5. The van der Waals surface area contributed by atoms with E-state index in [1.807, 2.05) is 0 Å². The molecule has 10 aromatic carbocycles. The Morgan fingerprint density at radius 3 is 0.597 bits per heavy atom. The summed E-state index contributed by atoms with van der Waals surface area (Å²) < 4.78 is 2.41. The molecule has 0 aliphatic rings. The molecule has 62 heavy (non-hydrogen) atoms. The van der Waals surface area contributed by atoms with Crippen molar-refractivity contribution in [2.45, 2.75) is 0 Å². The van der Waals surface area contributed by atoms with Crippen LogP contribution in [0.15, 0.2) is 243 Å². The number of halogens is 2. The van der Waals surface area contributed by atoms with E-state index in [4.69, 9.17) is 0 Å². The van der Waals surface area contributed by atoms with Gasteiger partial charge in [-0.2, -0.15) is 0 Å². The van der Waals surface area contributed by atoms with Crippen LogP contribution in [0.2, 0.25) is 0 Å². The number of benzene rings is 10. The van der Waals surface area contributed by atoms with Crippen LogP contribution in [0.5, 0.6) is 0 Å². The lowest BCUT2D eigenvalue weighted by atomic mass is 9.85. The highest BCUT2D eigenvalue weighted by molar-refractivity contribution is 14.1. The Bertz CT molecular complexity index is 2890. The molecule has 0 unspecified atom stereocenters. The third kappa shape index (κ3) is 8.33. The van der Waals surface area contributed by atoms with Gasteiger partial charge in [0.15, 0.2) is 0 Å². The highest BCUT2D eigenvalue weighted by Gasteiger charge is 2.20. The molecule has 0 aliphatic carbocycles. The maximum atomic E-state index is 2.55. The van der Waals surface area contributed by atoms with Crippen molar-refractivity contribution in [3.05, 3.63) is 250 Å². The van der Waals surface area contributed by atoms with Gasteiger partial charge in [0, 0.05) is 7.14 Å². The average Bonchev–Trinajstić information content (AvgIpc) is 3.35. The van der Waals surface area contributed by atoms with Crippen LogP contribution in [0.25, 0.3) is 100 Å². The highest BCUT2D eigenvalue weighted by atomic mass is 127. The molecule has 10 rings (SSSR count). The predicted octanol–water partition coefficient (Wildman–Crippen LogP) is 17.9. The summed E-state index contributed by atoms with van der Waals surface area (Å²) in [5, 5.41) is 0. The van der Waals surface area contributed by atoms with E-state index in [2.05, 4.69) is 288 Å². The van der Waals surface area contributed by atoms with Crippen molar-refractivity contribution >= 4 is 45.2 Å². The van der Waals surface area contributed by atoms with Gasteiger partial charge in [0.25, 0.3) is 0 Å². The van der Waals surface area contributed by atoms with Crippen LogP contribution >= 0.6 is 45.2 Å². The lowest BCUT2D eigenvalue weighted by Gasteiger charge is -2.21. The molecule has 0 heterocycles. The van der Waals surface area contributed by atoms with E-state index in [1.165, 1.54) is 107 Å². The van der Waals surface area contributed by atoms with Crippen molar-refractivity contribution in [3.8, 4) is 100 Å². The van der Waals surface area contributed by atoms with Gasteiger partial charge in [0.05, 0.1) is 0 Å². The lowest BCUT2D eigenvalue weighted by Crippen LogP contribution is -1.96. The van der Waals surface area contributed by atoms with Crippen LogP contribution in [0.1, 0.15) is 0 Å². The van der Waals surface area contributed by atoms with Crippen LogP contribution in [0, 0.1) is 7.14 Å². The summed E-state index contributed by atoms with van der Waals surface area (Å²) in [6.07, 6.45) is 0. The quantitative estimate of drug-likeness (QED) is 0.126. The zero-order valence-electron chi connectivity index (χ0n) is 33.8. The van der Waals surface area contributed by atoms with Crippen molar-refractivity contribution in [1.29, 1.82) is 0 Å². The molecule has 0 bridgehead atoms. The van der Waals surface area contributed by atoms with Crippen molar-refractivity contribution < 1.29 is 0 Å². The van der Waals surface area contributed by atoms with Crippen LogP contribution in [0.3, 0.4) is 0 Å². The summed E-state index contributed by atoms with van der Waals surface area (Å²) in [5.74, 6) is 0. The van der Waals surface area contributed by atoms with Crippen LogP contribution in [0.4, 0.5) is 0 Å². The standard InChI is InChI=1S/C60H40I2/c61-59-39-53(49-29-21-45(22-30-49)41-13-5-1-6-14-41)57(37-55(59)51-33-25-47(26-34-51)43-17-9-3-10-18-43)58-38-56(52-35-27-48(28-36-52)44-19-11-4-12-20-44)60(62)40-54(58)50-31-23-46(24-32-50)42-15-7-2-8-16-42/h1-40H. The van der Waals surface area contributed by atoms with Gasteiger partial charge in [0.2, 0.25) is 0 Å². The van der Waals surface area contributed by atoms with E-state index >= 15 is 0 Å². The Morgan fingerprint density at radius 1 is 0.161 bits per heavy atom. The Hall–Kier alpha value is -6.34. The van der Waals surface area contributed by atoms with Crippen LogP contribution in [-0.4, -0.2) is 0 Å². The first-order valence-electron chi connectivity index (χ1n) is 20.9. The lowest BCUT2D eigenvalue weighted by molar-refractivity contribution is 1.51. The van der Waals surface area contributed by atoms with Crippen LogP contribution in [-0.2, 0) is 0 Å². The summed E-state index contributed by atoms with van der Waals surface area (Å²) >= 11 is 5.09. The molecular weight excluding hydrogens is 974 g/mol. The smallest absolute Gasteiger partial charge is 0.0215 e. The minimum Gasteiger partial charge on any atom is -0.0622 e. The first kappa shape index (κ1) is 39.8. The Labute approximate surface area is 391 Å². The fraction of sp³-hybridized carbons (Fsp3) is 0. The van der Waals surface area contributed by atoms with Crippen LogP contribution < -0.4 is 0 Å². The molecule has 0 radical (unpaired) electrons. The molecule has 0 saturated carbocycles. The fourth-order valence-corrected chi connectivity index (χ4v) is 9.96. The van der Waals surface area contributed by atoms with Crippen molar-refractivity contribution in [1.82, 2.24) is 0 Å². The zero-order valence-corrected chi connectivity index (χ0v) is 38.2. The normalized spacial score (nSPS) is 11.1. The maximum absolute atomic E-state index is 2.55. The van der Waals surface area contributed by atoms with Crippen molar-refractivity contribution in [3.63, 3.8) is 0 Å². The second kappa shape index (κ2) is 17.9. The molecule has 0 atom stereocenters. The number of hydrogen-bond donors (Lipinski definition) is 0. The van der Waals surface area contributed by atoms with Gasteiger partial charge in [0.1, 0.15) is 0 Å². The summed E-state index contributed by atoms with van der Waals surface area (Å²) in [6.45, 7) is 0. The zero-order chi connectivity index (χ0) is 41.8. The topological polar surface area (TPSA) is 0 Å². The van der Waals surface area contributed by atoms with Gasteiger partial charge >= 0.3 is 0 Å². The molecule has 0 aliphatic heterocycles. The molecule has 0 fully saturated rings. The fourth-order valence-electron chi connectivity index (χ4n) is 8.40. The average molecular weight is 1010 g/mol. The van der Waals surface area contributed by atoms with E-state index in [0.29, 0.717) is 0 Å². The Balaban J connectivity index is 1.17. The van der Waals surface area contributed by atoms with Gasteiger partial charge < -0.3 is 0 Å². The van der Waals surface area contributed by atoms with Crippen molar-refractivity contribution in [2.24, 2.45) is 0 Å². The second-order valence-corrected chi connectivity index (χ2v) is 17.9. The second-order valence-electron chi connectivity index (χ2n) is 15.5. The third-order valence-corrected chi connectivity index (χ3v) is 13.5. The molecule has 0 nitrogen and oxygen atoms in total. The summed E-state index contributed by atoms with van der Waals surface area (Å²) in [5.41, 5.74) is 21.6.